The fourth-order valence-corrected chi connectivity index (χ4v) is 2.98. The van der Waals surface area contributed by atoms with E-state index in [1.165, 1.54) is 19.4 Å². The van der Waals surface area contributed by atoms with E-state index in [1.807, 2.05) is 7.05 Å². The van der Waals surface area contributed by atoms with Gasteiger partial charge in [-0.15, -0.1) is 0 Å². The van der Waals surface area contributed by atoms with E-state index in [0.717, 1.165) is 13.1 Å². The van der Waals surface area contributed by atoms with Crippen molar-refractivity contribution in [2.24, 2.45) is 0 Å². The lowest BCUT2D eigenvalue weighted by atomic mass is 10.2. The maximum Gasteiger partial charge on any atom is 0.272 e. The summed E-state index contributed by atoms with van der Waals surface area (Å²) >= 11 is 0. The Morgan fingerprint density at radius 3 is 2.39 bits per heavy atom. The molecule has 0 saturated carbocycles. The van der Waals surface area contributed by atoms with Crippen LogP contribution in [0.15, 0.2) is 36.5 Å². The molecule has 8 heteroatoms. The summed E-state index contributed by atoms with van der Waals surface area (Å²) in [6.07, 6.45) is 1.48. The molecule has 1 aromatic carbocycles. The summed E-state index contributed by atoms with van der Waals surface area (Å²) in [6.45, 7) is 2.95. The molecular formula is C20H24N4O4. The fraction of sp³-hybridized carbons (Fsp3) is 0.350. The molecule has 2 heterocycles. The Morgan fingerprint density at radius 1 is 1.00 bits per heavy atom. The Morgan fingerprint density at radius 2 is 1.71 bits per heavy atom. The van der Waals surface area contributed by atoms with E-state index in [2.05, 4.69) is 15.2 Å². The van der Waals surface area contributed by atoms with Crippen molar-refractivity contribution in [1.29, 1.82) is 0 Å². The largest absolute Gasteiger partial charge is 0.493 e. The Hall–Kier alpha value is -3.13. The van der Waals surface area contributed by atoms with Crippen molar-refractivity contribution in [3.8, 4) is 11.5 Å². The minimum atomic E-state index is -0.331. The van der Waals surface area contributed by atoms with Crippen LogP contribution in [0.3, 0.4) is 0 Å². The zero-order valence-corrected chi connectivity index (χ0v) is 16.3. The molecule has 148 valence electrons. The molecule has 3 rings (SSSR count). The number of methoxy groups -OCH3 is 2. The molecule has 2 amide bonds. The molecule has 2 aromatic rings. The lowest BCUT2D eigenvalue weighted by Crippen LogP contribution is -2.47. The zero-order valence-electron chi connectivity index (χ0n) is 16.3. The van der Waals surface area contributed by atoms with Crippen LogP contribution in [0.5, 0.6) is 11.5 Å². The number of pyridine rings is 1. The van der Waals surface area contributed by atoms with E-state index >= 15 is 0 Å². The number of hydrogen-bond donors (Lipinski definition) is 1. The first kappa shape index (κ1) is 19.6. The Labute approximate surface area is 164 Å². The highest BCUT2D eigenvalue weighted by molar-refractivity contribution is 6.05. The summed E-state index contributed by atoms with van der Waals surface area (Å²) in [6, 6.07) is 8.21. The van der Waals surface area contributed by atoms with Gasteiger partial charge in [0.2, 0.25) is 0 Å². The number of carbonyl (C=O) groups excluding carboxylic acids is 2. The average molecular weight is 384 g/mol. The van der Waals surface area contributed by atoms with Gasteiger partial charge in [-0.1, -0.05) is 0 Å². The van der Waals surface area contributed by atoms with Crippen molar-refractivity contribution in [1.82, 2.24) is 14.8 Å². The predicted molar refractivity (Wildman–Crippen MR) is 105 cm³/mol. The Balaban J connectivity index is 1.73. The topological polar surface area (TPSA) is 84.0 Å². The molecule has 28 heavy (non-hydrogen) atoms. The number of carbonyl (C=O) groups is 2. The molecule has 8 nitrogen and oxygen atoms in total. The van der Waals surface area contributed by atoms with Gasteiger partial charge in [0.15, 0.2) is 11.5 Å². The monoisotopic (exact) mass is 384 g/mol. The first-order valence-electron chi connectivity index (χ1n) is 8.99. The molecule has 0 aliphatic carbocycles. The van der Waals surface area contributed by atoms with E-state index in [0.29, 0.717) is 35.8 Å². The molecule has 1 aromatic heterocycles. The van der Waals surface area contributed by atoms with Gasteiger partial charge in [-0.05, 0) is 31.3 Å². The highest BCUT2D eigenvalue weighted by atomic mass is 16.5. The van der Waals surface area contributed by atoms with Crippen molar-refractivity contribution in [3.63, 3.8) is 0 Å². The Kier molecular flexibility index (Phi) is 6.10. The van der Waals surface area contributed by atoms with Crippen molar-refractivity contribution in [3.05, 3.63) is 47.8 Å². The SMILES string of the molecule is COc1ccc(NC(=O)c2ccnc(C(=O)N3CCN(C)CC3)c2)cc1OC. The van der Waals surface area contributed by atoms with Crippen LogP contribution in [0.1, 0.15) is 20.8 Å². The van der Waals surface area contributed by atoms with Crippen molar-refractivity contribution in [2.75, 3.05) is 52.8 Å². The number of likely N-dealkylation sites (N-methyl/N-ethyl adjacent to an activating group) is 1. The van der Waals surface area contributed by atoms with E-state index in [1.54, 1.807) is 36.3 Å². The Bertz CT molecular complexity index is 863. The quantitative estimate of drug-likeness (QED) is 0.845. The molecule has 0 radical (unpaired) electrons. The average Bonchev–Trinajstić information content (AvgIpc) is 2.73. The molecule has 1 aliphatic rings. The number of nitrogens with zero attached hydrogens (tertiary/aromatic N) is 3. The van der Waals surface area contributed by atoms with E-state index in [-0.39, 0.29) is 17.5 Å². The number of hydrogen-bond acceptors (Lipinski definition) is 6. The number of benzene rings is 1. The smallest absolute Gasteiger partial charge is 0.272 e. The molecule has 1 fully saturated rings. The van der Waals surface area contributed by atoms with Crippen LogP contribution >= 0.6 is 0 Å². The number of ether oxygens (including phenoxy) is 2. The van der Waals surface area contributed by atoms with Crippen molar-refractivity contribution in [2.45, 2.75) is 0 Å². The van der Waals surface area contributed by atoms with Gasteiger partial charge < -0.3 is 24.6 Å². The molecule has 1 aliphatic heterocycles. The summed E-state index contributed by atoms with van der Waals surface area (Å²) < 4.78 is 10.4. The van der Waals surface area contributed by atoms with Gasteiger partial charge in [0.25, 0.3) is 11.8 Å². The first-order chi connectivity index (χ1) is 13.5. The van der Waals surface area contributed by atoms with Gasteiger partial charge in [-0.3, -0.25) is 14.6 Å². The standard InChI is InChI=1S/C20H24N4O4/c1-23-8-10-24(11-9-23)20(26)16-12-14(6-7-21-16)19(25)22-15-4-5-17(27-2)18(13-15)28-3/h4-7,12-13H,8-11H2,1-3H3,(H,22,25). The second kappa shape index (κ2) is 8.71. The van der Waals surface area contributed by atoms with Gasteiger partial charge in [-0.2, -0.15) is 0 Å². The summed E-state index contributed by atoms with van der Waals surface area (Å²) in [4.78, 5) is 33.4. The van der Waals surface area contributed by atoms with Crippen LogP contribution < -0.4 is 14.8 Å². The summed E-state index contributed by atoms with van der Waals surface area (Å²) in [5.74, 6) is 0.598. The van der Waals surface area contributed by atoms with Gasteiger partial charge in [0, 0.05) is 49.7 Å². The van der Waals surface area contributed by atoms with Crippen molar-refractivity contribution >= 4 is 17.5 Å². The second-order valence-corrected chi connectivity index (χ2v) is 6.55. The maximum atomic E-state index is 12.7. The highest BCUT2D eigenvalue weighted by Crippen LogP contribution is 2.29. The third-order valence-electron chi connectivity index (χ3n) is 4.67. The predicted octanol–water partition coefficient (Wildman–Crippen LogP) is 1.74. The highest BCUT2D eigenvalue weighted by Gasteiger charge is 2.22. The molecular weight excluding hydrogens is 360 g/mol. The lowest BCUT2D eigenvalue weighted by Gasteiger charge is -2.32. The van der Waals surface area contributed by atoms with Gasteiger partial charge in [0.05, 0.1) is 14.2 Å². The zero-order chi connectivity index (χ0) is 20.1. The first-order valence-corrected chi connectivity index (χ1v) is 8.99. The van der Waals surface area contributed by atoms with Crippen LogP contribution in [0.2, 0.25) is 0 Å². The number of anilines is 1. The van der Waals surface area contributed by atoms with Crippen LogP contribution in [0.4, 0.5) is 5.69 Å². The third kappa shape index (κ3) is 4.40. The summed E-state index contributed by atoms with van der Waals surface area (Å²) in [7, 11) is 5.10. The normalized spacial score (nSPS) is 14.5. The lowest BCUT2D eigenvalue weighted by molar-refractivity contribution is 0.0658. The molecule has 0 bridgehead atoms. The molecule has 1 N–H and O–H groups in total. The van der Waals surface area contributed by atoms with Gasteiger partial charge in [0.1, 0.15) is 5.69 Å². The summed E-state index contributed by atoms with van der Waals surface area (Å²) in [5.41, 5.74) is 1.19. The number of nitrogens with one attached hydrogen (secondary N) is 1. The number of amides is 2. The maximum absolute atomic E-state index is 12.7. The second-order valence-electron chi connectivity index (χ2n) is 6.55. The third-order valence-corrected chi connectivity index (χ3v) is 4.67. The van der Waals surface area contributed by atoms with E-state index in [9.17, 15) is 9.59 Å². The molecule has 0 atom stereocenters. The van der Waals surface area contributed by atoms with Gasteiger partial charge >= 0.3 is 0 Å². The molecule has 0 unspecified atom stereocenters. The fourth-order valence-electron chi connectivity index (χ4n) is 2.98. The van der Waals surface area contributed by atoms with Crippen LogP contribution in [-0.4, -0.2) is 74.0 Å². The van der Waals surface area contributed by atoms with E-state index < -0.39 is 0 Å². The van der Waals surface area contributed by atoms with Crippen LogP contribution in [0.25, 0.3) is 0 Å². The van der Waals surface area contributed by atoms with Crippen molar-refractivity contribution < 1.29 is 19.1 Å². The summed E-state index contributed by atoms with van der Waals surface area (Å²) in [5, 5.41) is 2.80. The molecule has 1 saturated heterocycles. The number of aromatic nitrogens is 1. The number of rotatable bonds is 5. The van der Waals surface area contributed by atoms with Gasteiger partial charge in [-0.25, -0.2) is 0 Å². The van der Waals surface area contributed by atoms with Crippen LogP contribution in [-0.2, 0) is 0 Å². The minimum Gasteiger partial charge on any atom is -0.493 e. The molecule has 0 spiro atoms. The van der Waals surface area contributed by atoms with Crippen LogP contribution in [0, 0.1) is 0 Å². The number of piperazine rings is 1. The minimum absolute atomic E-state index is 0.158. The van der Waals surface area contributed by atoms with E-state index in [4.69, 9.17) is 9.47 Å².